The monoisotopic (exact) mass is 273 g/mol. The summed E-state index contributed by atoms with van der Waals surface area (Å²) < 4.78 is 2.33. The van der Waals surface area contributed by atoms with Gasteiger partial charge < -0.3 is 10.3 Å². The molecule has 0 radical (unpaired) electrons. The number of imidazole rings is 1. The van der Waals surface area contributed by atoms with E-state index in [1.807, 2.05) is 0 Å². The SMILES string of the molecule is CCCC(N)c1nc2cc(C)ccc2n1CCC(C)C. The molecule has 0 spiro atoms. The fourth-order valence-electron chi connectivity index (χ4n) is 2.60. The molecule has 0 amide bonds. The largest absolute Gasteiger partial charge is 0.327 e. The molecular formula is C17H27N3. The van der Waals surface area contributed by atoms with Gasteiger partial charge in [0.25, 0.3) is 0 Å². The zero-order valence-electron chi connectivity index (χ0n) is 13.2. The lowest BCUT2D eigenvalue weighted by Gasteiger charge is -2.15. The zero-order valence-corrected chi connectivity index (χ0v) is 13.2. The summed E-state index contributed by atoms with van der Waals surface area (Å²) in [5.74, 6) is 1.74. The first-order valence-electron chi connectivity index (χ1n) is 7.75. The summed E-state index contributed by atoms with van der Waals surface area (Å²) in [5, 5.41) is 0. The Morgan fingerprint density at radius 1 is 1.25 bits per heavy atom. The molecular weight excluding hydrogens is 246 g/mol. The van der Waals surface area contributed by atoms with E-state index in [4.69, 9.17) is 10.7 Å². The third kappa shape index (κ3) is 3.21. The Labute approximate surface area is 122 Å². The molecule has 3 heteroatoms. The second kappa shape index (κ2) is 6.40. The van der Waals surface area contributed by atoms with E-state index in [0.29, 0.717) is 5.92 Å². The summed E-state index contributed by atoms with van der Waals surface area (Å²) in [5.41, 5.74) is 9.88. The van der Waals surface area contributed by atoms with Crippen molar-refractivity contribution in [1.29, 1.82) is 0 Å². The van der Waals surface area contributed by atoms with Gasteiger partial charge in [0, 0.05) is 6.54 Å². The minimum absolute atomic E-state index is 0.0415. The normalized spacial score (nSPS) is 13.3. The van der Waals surface area contributed by atoms with Gasteiger partial charge in [0.15, 0.2) is 0 Å². The summed E-state index contributed by atoms with van der Waals surface area (Å²) in [6.45, 7) is 9.80. The zero-order chi connectivity index (χ0) is 14.7. The Morgan fingerprint density at radius 2 is 2.00 bits per heavy atom. The quantitative estimate of drug-likeness (QED) is 0.857. The molecule has 0 saturated carbocycles. The molecule has 1 atom stereocenters. The van der Waals surface area contributed by atoms with Gasteiger partial charge in [-0.05, 0) is 43.4 Å². The van der Waals surface area contributed by atoms with E-state index < -0.39 is 0 Å². The lowest BCUT2D eigenvalue weighted by molar-refractivity contribution is 0.490. The van der Waals surface area contributed by atoms with Crippen molar-refractivity contribution in [2.75, 3.05) is 0 Å². The lowest BCUT2D eigenvalue weighted by Crippen LogP contribution is -2.17. The highest BCUT2D eigenvalue weighted by Crippen LogP contribution is 2.24. The molecule has 2 aromatic rings. The summed E-state index contributed by atoms with van der Waals surface area (Å²) in [6, 6.07) is 6.54. The maximum absolute atomic E-state index is 6.33. The van der Waals surface area contributed by atoms with Crippen molar-refractivity contribution >= 4 is 11.0 Å². The summed E-state index contributed by atoms with van der Waals surface area (Å²) in [6.07, 6.45) is 3.24. The smallest absolute Gasteiger partial charge is 0.126 e. The van der Waals surface area contributed by atoms with Crippen LogP contribution in [0.25, 0.3) is 11.0 Å². The number of nitrogens with zero attached hydrogens (tertiary/aromatic N) is 2. The highest BCUT2D eigenvalue weighted by molar-refractivity contribution is 5.77. The molecule has 2 N–H and O–H groups in total. The number of hydrogen-bond donors (Lipinski definition) is 1. The maximum Gasteiger partial charge on any atom is 0.126 e. The van der Waals surface area contributed by atoms with Crippen LogP contribution in [0.15, 0.2) is 18.2 Å². The van der Waals surface area contributed by atoms with Gasteiger partial charge in [0.05, 0.1) is 17.1 Å². The second-order valence-electron chi connectivity index (χ2n) is 6.19. The average molecular weight is 273 g/mol. The van der Waals surface area contributed by atoms with E-state index in [9.17, 15) is 0 Å². The van der Waals surface area contributed by atoms with Crippen LogP contribution in [-0.4, -0.2) is 9.55 Å². The van der Waals surface area contributed by atoms with Gasteiger partial charge in [0.2, 0.25) is 0 Å². The Morgan fingerprint density at radius 3 is 2.65 bits per heavy atom. The van der Waals surface area contributed by atoms with Crippen molar-refractivity contribution < 1.29 is 0 Å². The van der Waals surface area contributed by atoms with Gasteiger partial charge in [-0.1, -0.05) is 33.3 Å². The summed E-state index contributed by atoms with van der Waals surface area (Å²) in [7, 11) is 0. The van der Waals surface area contributed by atoms with Crippen LogP contribution in [0.2, 0.25) is 0 Å². The number of fused-ring (bicyclic) bond motifs is 1. The van der Waals surface area contributed by atoms with E-state index in [2.05, 4.69) is 50.5 Å². The van der Waals surface area contributed by atoms with Crippen molar-refractivity contribution in [1.82, 2.24) is 9.55 Å². The van der Waals surface area contributed by atoms with Crippen molar-refractivity contribution in [3.05, 3.63) is 29.6 Å². The van der Waals surface area contributed by atoms with Gasteiger partial charge in [-0.25, -0.2) is 4.98 Å². The minimum Gasteiger partial charge on any atom is -0.327 e. The molecule has 3 nitrogen and oxygen atoms in total. The topological polar surface area (TPSA) is 43.8 Å². The van der Waals surface area contributed by atoms with Crippen LogP contribution in [0.5, 0.6) is 0 Å². The molecule has 110 valence electrons. The molecule has 0 bridgehead atoms. The van der Waals surface area contributed by atoms with Crippen LogP contribution in [0.4, 0.5) is 0 Å². The Kier molecular flexibility index (Phi) is 4.81. The van der Waals surface area contributed by atoms with Crippen LogP contribution in [0, 0.1) is 12.8 Å². The number of rotatable bonds is 6. The molecule has 0 aliphatic heterocycles. The standard InChI is InChI=1S/C17H27N3/c1-5-6-14(18)17-19-15-11-13(4)7-8-16(15)20(17)10-9-12(2)3/h7-8,11-12,14H,5-6,9-10,18H2,1-4H3. The minimum atomic E-state index is 0.0415. The van der Waals surface area contributed by atoms with E-state index in [-0.39, 0.29) is 6.04 Å². The van der Waals surface area contributed by atoms with Gasteiger partial charge in [-0.2, -0.15) is 0 Å². The Balaban J connectivity index is 2.44. The number of benzene rings is 1. The highest BCUT2D eigenvalue weighted by Gasteiger charge is 2.16. The van der Waals surface area contributed by atoms with E-state index in [1.165, 1.54) is 11.1 Å². The van der Waals surface area contributed by atoms with Crippen LogP contribution < -0.4 is 5.73 Å². The molecule has 2 rings (SSSR count). The Bertz CT molecular complexity index is 569. The average Bonchev–Trinajstić information content (AvgIpc) is 2.74. The molecule has 1 heterocycles. The molecule has 0 fully saturated rings. The third-order valence-corrected chi connectivity index (χ3v) is 3.79. The fraction of sp³-hybridized carbons (Fsp3) is 0.588. The molecule has 0 aliphatic rings. The molecule has 0 saturated heterocycles. The molecule has 1 unspecified atom stereocenters. The number of aromatic nitrogens is 2. The molecule has 1 aromatic heterocycles. The second-order valence-corrected chi connectivity index (χ2v) is 6.19. The number of nitrogens with two attached hydrogens (primary N) is 1. The van der Waals surface area contributed by atoms with E-state index in [1.54, 1.807) is 0 Å². The maximum atomic E-state index is 6.33. The number of hydrogen-bond acceptors (Lipinski definition) is 2. The summed E-state index contributed by atoms with van der Waals surface area (Å²) in [4.78, 5) is 4.81. The first-order valence-corrected chi connectivity index (χ1v) is 7.75. The van der Waals surface area contributed by atoms with Crippen molar-refractivity contribution in [2.45, 2.75) is 59.5 Å². The lowest BCUT2D eigenvalue weighted by atomic mass is 10.1. The van der Waals surface area contributed by atoms with Gasteiger partial charge >= 0.3 is 0 Å². The first kappa shape index (κ1) is 15.0. The fourth-order valence-corrected chi connectivity index (χ4v) is 2.60. The molecule has 1 aromatic carbocycles. The molecule has 0 aliphatic carbocycles. The van der Waals surface area contributed by atoms with Gasteiger partial charge in [-0.15, -0.1) is 0 Å². The van der Waals surface area contributed by atoms with Crippen LogP contribution in [0.3, 0.4) is 0 Å². The molecule has 20 heavy (non-hydrogen) atoms. The van der Waals surface area contributed by atoms with Crippen molar-refractivity contribution in [3.63, 3.8) is 0 Å². The van der Waals surface area contributed by atoms with Gasteiger partial charge in [-0.3, -0.25) is 0 Å². The first-order chi connectivity index (χ1) is 9.52. The van der Waals surface area contributed by atoms with Crippen LogP contribution >= 0.6 is 0 Å². The van der Waals surface area contributed by atoms with E-state index in [0.717, 1.165) is 37.1 Å². The highest BCUT2D eigenvalue weighted by atomic mass is 15.1. The van der Waals surface area contributed by atoms with Crippen LogP contribution in [-0.2, 0) is 6.54 Å². The van der Waals surface area contributed by atoms with E-state index >= 15 is 0 Å². The van der Waals surface area contributed by atoms with Gasteiger partial charge in [0.1, 0.15) is 5.82 Å². The predicted octanol–water partition coefficient (Wildman–Crippen LogP) is 4.19. The summed E-state index contributed by atoms with van der Waals surface area (Å²) >= 11 is 0. The Hall–Kier alpha value is -1.35. The number of aryl methyl sites for hydroxylation is 2. The van der Waals surface area contributed by atoms with Crippen molar-refractivity contribution in [2.24, 2.45) is 11.7 Å². The van der Waals surface area contributed by atoms with Crippen LogP contribution in [0.1, 0.15) is 57.5 Å². The third-order valence-electron chi connectivity index (χ3n) is 3.79. The van der Waals surface area contributed by atoms with Crippen molar-refractivity contribution in [3.8, 4) is 0 Å². The predicted molar refractivity (Wildman–Crippen MR) is 85.8 cm³/mol.